The van der Waals surface area contributed by atoms with Crippen LogP contribution in [0.4, 0.5) is 0 Å². The van der Waals surface area contributed by atoms with Crippen LogP contribution in [0.1, 0.15) is 31.2 Å². The molecule has 0 aliphatic heterocycles. The number of carbonyl (C=O) groups is 1. The molecule has 2 rings (SSSR count). The maximum absolute atomic E-state index is 11.8. The Hall–Kier alpha value is -1.36. The van der Waals surface area contributed by atoms with E-state index in [0.717, 1.165) is 37.8 Å². The van der Waals surface area contributed by atoms with Gasteiger partial charge in [0.1, 0.15) is 5.54 Å². The van der Waals surface area contributed by atoms with Gasteiger partial charge in [-0.1, -0.05) is 6.42 Å². The summed E-state index contributed by atoms with van der Waals surface area (Å²) in [7, 11) is 1.41. The molecule has 2 unspecified atom stereocenters. The van der Waals surface area contributed by atoms with Crippen LogP contribution in [-0.2, 0) is 16.1 Å². The molecule has 2 atom stereocenters. The molecule has 5 nitrogen and oxygen atoms in total. The van der Waals surface area contributed by atoms with Crippen LogP contribution in [-0.4, -0.2) is 28.4 Å². The van der Waals surface area contributed by atoms with Crippen molar-refractivity contribution >= 4 is 5.97 Å². The fourth-order valence-electron chi connectivity index (χ4n) is 2.84. The van der Waals surface area contributed by atoms with Gasteiger partial charge in [0.15, 0.2) is 0 Å². The number of carbonyl (C=O) groups excluding carboxylic acids is 1. The van der Waals surface area contributed by atoms with Gasteiger partial charge in [0.05, 0.1) is 13.3 Å². The van der Waals surface area contributed by atoms with Gasteiger partial charge in [0, 0.05) is 12.7 Å². The highest BCUT2D eigenvalue weighted by Crippen LogP contribution is 2.37. The highest BCUT2D eigenvalue weighted by molar-refractivity contribution is 5.81. The van der Waals surface area contributed by atoms with Gasteiger partial charge in [-0.2, -0.15) is 5.10 Å². The summed E-state index contributed by atoms with van der Waals surface area (Å²) >= 11 is 0. The van der Waals surface area contributed by atoms with Crippen molar-refractivity contribution in [3.05, 3.63) is 18.0 Å². The number of methoxy groups -OCH3 is 1. The molecular formula is C13H21N3O2. The second-order valence-electron chi connectivity index (χ2n) is 5.19. The molecule has 1 heterocycles. The first-order valence-electron chi connectivity index (χ1n) is 6.42. The summed E-state index contributed by atoms with van der Waals surface area (Å²) in [5, 5.41) is 4.25. The molecule has 0 bridgehead atoms. The molecule has 2 N–H and O–H groups in total. The highest BCUT2D eigenvalue weighted by atomic mass is 16.5. The van der Waals surface area contributed by atoms with Crippen molar-refractivity contribution in [2.24, 2.45) is 11.7 Å². The van der Waals surface area contributed by atoms with E-state index in [0.29, 0.717) is 0 Å². The second-order valence-corrected chi connectivity index (χ2v) is 5.19. The minimum absolute atomic E-state index is 0.189. The Kier molecular flexibility index (Phi) is 3.71. The summed E-state index contributed by atoms with van der Waals surface area (Å²) in [6.07, 6.45) is 7.42. The first-order valence-corrected chi connectivity index (χ1v) is 6.42. The maximum Gasteiger partial charge on any atom is 0.326 e. The molecule has 1 aromatic heterocycles. The monoisotopic (exact) mass is 251 g/mol. The third-order valence-corrected chi connectivity index (χ3v) is 3.91. The molecule has 0 spiro atoms. The smallest absolute Gasteiger partial charge is 0.326 e. The topological polar surface area (TPSA) is 70.1 Å². The molecule has 1 aromatic rings. The summed E-state index contributed by atoms with van der Waals surface area (Å²) < 4.78 is 6.75. The lowest BCUT2D eigenvalue weighted by Gasteiger charge is -2.28. The number of nitrogens with zero attached hydrogens (tertiary/aromatic N) is 2. The normalized spacial score (nSPS) is 27.4. The van der Waals surface area contributed by atoms with Gasteiger partial charge >= 0.3 is 5.97 Å². The Labute approximate surface area is 107 Å². The molecule has 18 heavy (non-hydrogen) atoms. The van der Waals surface area contributed by atoms with E-state index in [4.69, 9.17) is 10.5 Å². The zero-order valence-electron chi connectivity index (χ0n) is 11.1. The van der Waals surface area contributed by atoms with Crippen molar-refractivity contribution in [1.82, 2.24) is 9.78 Å². The molecule has 0 aromatic carbocycles. The molecule has 1 saturated carbocycles. The van der Waals surface area contributed by atoms with Crippen LogP contribution in [0.2, 0.25) is 0 Å². The first kappa shape index (κ1) is 13.1. The predicted molar refractivity (Wildman–Crippen MR) is 67.9 cm³/mol. The molecular weight excluding hydrogens is 230 g/mol. The quantitative estimate of drug-likeness (QED) is 0.818. The minimum atomic E-state index is -0.795. The molecule has 0 radical (unpaired) electrons. The summed E-state index contributed by atoms with van der Waals surface area (Å²) in [4.78, 5) is 11.8. The molecule has 100 valence electrons. The van der Waals surface area contributed by atoms with E-state index < -0.39 is 5.54 Å². The average molecular weight is 251 g/mol. The fourth-order valence-corrected chi connectivity index (χ4v) is 2.84. The van der Waals surface area contributed by atoms with E-state index in [1.54, 1.807) is 0 Å². The zero-order valence-corrected chi connectivity index (χ0v) is 11.1. The Bertz CT molecular complexity index is 430. The van der Waals surface area contributed by atoms with Crippen LogP contribution in [0, 0.1) is 12.8 Å². The van der Waals surface area contributed by atoms with Crippen LogP contribution in [0.3, 0.4) is 0 Å². The lowest BCUT2D eigenvalue weighted by molar-refractivity contribution is -0.148. The van der Waals surface area contributed by atoms with E-state index in [1.807, 2.05) is 24.0 Å². The molecule has 1 aliphatic rings. The van der Waals surface area contributed by atoms with E-state index in [2.05, 4.69) is 5.10 Å². The number of esters is 1. The van der Waals surface area contributed by atoms with E-state index >= 15 is 0 Å². The molecule has 1 aliphatic carbocycles. The lowest BCUT2D eigenvalue weighted by atomic mass is 9.85. The largest absolute Gasteiger partial charge is 0.468 e. The van der Waals surface area contributed by atoms with E-state index in [9.17, 15) is 4.79 Å². The molecule has 0 amide bonds. The summed E-state index contributed by atoms with van der Waals surface area (Å²) in [5.74, 6) is -0.0869. The van der Waals surface area contributed by atoms with E-state index in [-0.39, 0.29) is 11.9 Å². The Morgan fingerprint density at radius 1 is 1.72 bits per heavy atom. The maximum atomic E-state index is 11.8. The van der Waals surface area contributed by atoms with Crippen molar-refractivity contribution in [1.29, 1.82) is 0 Å². The SMILES string of the molecule is COC(=O)C1(N)CCCC1CCn1cc(C)cn1. The van der Waals surface area contributed by atoms with Crippen LogP contribution in [0.25, 0.3) is 0 Å². The Balaban J connectivity index is 1.98. The number of hydrogen-bond donors (Lipinski definition) is 1. The van der Waals surface area contributed by atoms with Crippen molar-refractivity contribution in [3.8, 4) is 0 Å². The number of aryl methyl sites for hydroxylation is 2. The fraction of sp³-hybridized carbons (Fsp3) is 0.692. The summed E-state index contributed by atoms with van der Waals surface area (Å²) in [6.45, 7) is 2.81. The van der Waals surface area contributed by atoms with Crippen LogP contribution in [0.5, 0.6) is 0 Å². The Morgan fingerprint density at radius 3 is 3.11 bits per heavy atom. The van der Waals surface area contributed by atoms with Crippen LogP contribution >= 0.6 is 0 Å². The number of rotatable bonds is 4. The van der Waals surface area contributed by atoms with Crippen LogP contribution < -0.4 is 5.73 Å². The van der Waals surface area contributed by atoms with Gasteiger partial charge in [-0.25, -0.2) is 0 Å². The van der Waals surface area contributed by atoms with Gasteiger partial charge < -0.3 is 10.5 Å². The number of ether oxygens (including phenoxy) is 1. The first-order chi connectivity index (χ1) is 8.56. The van der Waals surface area contributed by atoms with Gasteiger partial charge in [-0.3, -0.25) is 9.48 Å². The van der Waals surface area contributed by atoms with Crippen molar-refractivity contribution < 1.29 is 9.53 Å². The molecule has 5 heteroatoms. The number of hydrogen-bond acceptors (Lipinski definition) is 4. The molecule has 1 fully saturated rings. The van der Waals surface area contributed by atoms with Gasteiger partial charge in [-0.05, 0) is 37.7 Å². The zero-order chi connectivity index (χ0) is 13.2. The second kappa shape index (κ2) is 5.10. The van der Waals surface area contributed by atoms with Crippen LogP contribution in [0.15, 0.2) is 12.4 Å². The highest BCUT2D eigenvalue weighted by Gasteiger charge is 2.46. The van der Waals surface area contributed by atoms with E-state index in [1.165, 1.54) is 7.11 Å². The lowest BCUT2D eigenvalue weighted by Crippen LogP contribution is -2.51. The third-order valence-electron chi connectivity index (χ3n) is 3.91. The predicted octanol–water partition coefficient (Wildman–Crippen LogP) is 1.25. The summed E-state index contributed by atoms with van der Waals surface area (Å²) in [5.41, 5.74) is 6.57. The van der Waals surface area contributed by atoms with Gasteiger partial charge in [0.2, 0.25) is 0 Å². The van der Waals surface area contributed by atoms with Crippen molar-refractivity contribution in [2.75, 3.05) is 7.11 Å². The standard InChI is InChI=1S/C13H21N3O2/c1-10-8-15-16(9-10)7-5-11-4-3-6-13(11,14)12(17)18-2/h8-9,11H,3-7,14H2,1-2H3. The summed E-state index contributed by atoms with van der Waals surface area (Å²) in [6, 6.07) is 0. The third kappa shape index (κ3) is 2.41. The van der Waals surface area contributed by atoms with Crippen molar-refractivity contribution in [3.63, 3.8) is 0 Å². The van der Waals surface area contributed by atoms with Gasteiger partial charge in [-0.15, -0.1) is 0 Å². The number of aromatic nitrogens is 2. The Morgan fingerprint density at radius 2 is 2.50 bits per heavy atom. The number of nitrogens with two attached hydrogens (primary N) is 1. The van der Waals surface area contributed by atoms with Gasteiger partial charge in [0.25, 0.3) is 0 Å². The minimum Gasteiger partial charge on any atom is -0.468 e. The molecule has 0 saturated heterocycles. The average Bonchev–Trinajstić information content (AvgIpc) is 2.93. The van der Waals surface area contributed by atoms with Crippen molar-refractivity contribution in [2.45, 2.75) is 44.7 Å².